The van der Waals surface area contributed by atoms with Crippen molar-refractivity contribution < 1.29 is 0 Å². The first-order valence-electron chi connectivity index (χ1n) is 7.12. The van der Waals surface area contributed by atoms with E-state index in [2.05, 4.69) is 21.9 Å². The van der Waals surface area contributed by atoms with Crippen LogP contribution >= 0.6 is 11.8 Å². The topological polar surface area (TPSA) is 84.7 Å². The van der Waals surface area contributed by atoms with E-state index in [9.17, 15) is 4.79 Å². The van der Waals surface area contributed by atoms with Crippen LogP contribution in [0.1, 0.15) is 44.1 Å². The number of rotatable bonds is 6. The molecule has 5 nitrogen and oxygen atoms in total. The summed E-state index contributed by atoms with van der Waals surface area (Å²) < 4.78 is 0. The fourth-order valence-corrected chi connectivity index (χ4v) is 2.69. The Morgan fingerprint density at radius 2 is 2.19 bits per heavy atom. The van der Waals surface area contributed by atoms with Crippen molar-refractivity contribution in [3.05, 3.63) is 46.1 Å². The fourth-order valence-electron chi connectivity index (χ4n) is 1.91. The van der Waals surface area contributed by atoms with Crippen molar-refractivity contribution in [2.75, 3.05) is 0 Å². The van der Waals surface area contributed by atoms with Gasteiger partial charge >= 0.3 is 0 Å². The lowest BCUT2D eigenvalue weighted by molar-refractivity contribution is 0.674. The number of nitrogens with one attached hydrogen (secondary N) is 1. The van der Waals surface area contributed by atoms with Crippen LogP contribution in [0.2, 0.25) is 0 Å². The third-order valence-electron chi connectivity index (χ3n) is 3.07. The predicted molar refractivity (Wildman–Crippen MR) is 84.4 cm³/mol. The zero-order valence-electron chi connectivity index (χ0n) is 12.3. The van der Waals surface area contributed by atoms with Gasteiger partial charge in [0.15, 0.2) is 5.16 Å². The molecule has 1 unspecified atom stereocenters. The van der Waals surface area contributed by atoms with Crippen LogP contribution in [0.25, 0.3) is 0 Å². The molecule has 2 rings (SSSR count). The highest BCUT2D eigenvalue weighted by Gasteiger charge is 2.07. The molecule has 2 aromatic rings. The van der Waals surface area contributed by atoms with Crippen molar-refractivity contribution in [1.29, 1.82) is 0 Å². The Morgan fingerprint density at radius 1 is 1.38 bits per heavy atom. The molecular weight excluding hydrogens is 284 g/mol. The Kier molecular flexibility index (Phi) is 5.52. The summed E-state index contributed by atoms with van der Waals surface area (Å²) in [4.78, 5) is 24.1. The summed E-state index contributed by atoms with van der Waals surface area (Å²) in [5, 5.41) is 0.597. The maximum atomic E-state index is 11.6. The first kappa shape index (κ1) is 15.7. The van der Waals surface area contributed by atoms with E-state index in [0.717, 1.165) is 35.5 Å². The van der Waals surface area contributed by atoms with Crippen LogP contribution in [0.5, 0.6) is 0 Å². The highest BCUT2D eigenvalue weighted by molar-refractivity contribution is 7.99. The minimum absolute atomic E-state index is 0.0325. The quantitative estimate of drug-likeness (QED) is 0.801. The lowest BCUT2D eigenvalue weighted by Crippen LogP contribution is -2.10. The molecule has 0 aliphatic rings. The number of aromatic nitrogens is 3. The van der Waals surface area contributed by atoms with Crippen molar-refractivity contribution in [2.45, 2.75) is 49.2 Å². The van der Waals surface area contributed by atoms with Crippen molar-refractivity contribution >= 4 is 11.8 Å². The second-order valence-electron chi connectivity index (χ2n) is 4.83. The Hall–Kier alpha value is -1.66. The van der Waals surface area contributed by atoms with Gasteiger partial charge in [-0.3, -0.25) is 9.78 Å². The SMILES string of the molecule is CCCc1cc(=O)[nH]c(Sc2ccc(C(N)CC)nc2)n1. The lowest BCUT2D eigenvalue weighted by Gasteiger charge is -2.08. The predicted octanol–water partition coefficient (Wildman–Crippen LogP) is 2.68. The van der Waals surface area contributed by atoms with Gasteiger partial charge in [-0.2, -0.15) is 0 Å². The molecule has 112 valence electrons. The molecule has 6 heteroatoms. The first-order chi connectivity index (χ1) is 10.1. The number of nitrogens with zero attached hydrogens (tertiary/aromatic N) is 2. The minimum atomic E-state index is -0.117. The highest BCUT2D eigenvalue weighted by atomic mass is 32.2. The summed E-state index contributed by atoms with van der Waals surface area (Å²) in [6.45, 7) is 4.10. The molecule has 1 atom stereocenters. The van der Waals surface area contributed by atoms with E-state index in [-0.39, 0.29) is 11.6 Å². The highest BCUT2D eigenvalue weighted by Crippen LogP contribution is 2.24. The molecule has 3 N–H and O–H groups in total. The Labute approximate surface area is 128 Å². The minimum Gasteiger partial charge on any atom is -0.323 e. The van der Waals surface area contributed by atoms with Crippen molar-refractivity contribution in [3.63, 3.8) is 0 Å². The Morgan fingerprint density at radius 3 is 2.81 bits per heavy atom. The van der Waals surface area contributed by atoms with Crippen LogP contribution < -0.4 is 11.3 Å². The van der Waals surface area contributed by atoms with E-state index in [0.29, 0.717) is 5.16 Å². The standard InChI is InChI=1S/C15H20N4OS/c1-3-5-10-8-14(20)19-15(18-10)21-11-6-7-13(17-9-11)12(16)4-2/h6-9,12H,3-5,16H2,1-2H3,(H,18,19,20). The Balaban J connectivity index is 2.16. The average Bonchev–Trinajstić information content (AvgIpc) is 2.47. The number of aromatic amines is 1. The molecular formula is C15H20N4OS. The summed E-state index contributed by atoms with van der Waals surface area (Å²) in [5.74, 6) is 0. The van der Waals surface area contributed by atoms with Gasteiger partial charge in [0, 0.05) is 28.9 Å². The molecule has 0 aliphatic heterocycles. The van der Waals surface area contributed by atoms with Gasteiger partial charge in [-0.05, 0) is 25.0 Å². The smallest absolute Gasteiger partial charge is 0.251 e. The molecule has 0 radical (unpaired) electrons. The van der Waals surface area contributed by atoms with E-state index >= 15 is 0 Å². The maximum absolute atomic E-state index is 11.6. The molecule has 0 saturated heterocycles. The molecule has 0 fully saturated rings. The van der Waals surface area contributed by atoms with Gasteiger partial charge < -0.3 is 10.7 Å². The number of aryl methyl sites for hydroxylation is 1. The lowest BCUT2D eigenvalue weighted by atomic mass is 10.1. The van der Waals surface area contributed by atoms with Crippen LogP contribution in [-0.2, 0) is 6.42 Å². The van der Waals surface area contributed by atoms with Crippen LogP contribution in [0.4, 0.5) is 0 Å². The Bertz CT molecular complexity index is 639. The molecule has 0 saturated carbocycles. The second-order valence-corrected chi connectivity index (χ2v) is 5.89. The third-order valence-corrected chi connectivity index (χ3v) is 3.94. The van der Waals surface area contributed by atoms with Crippen molar-refractivity contribution in [2.24, 2.45) is 5.73 Å². The van der Waals surface area contributed by atoms with E-state index in [1.54, 1.807) is 12.3 Å². The van der Waals surface area contributed by atoms with E-state index in [1.807, 2.05) is 19.1 Å². The zero-order chi connectivity index (χ0) is 15.2. The van der Waals surface area contributed by atoms with Gasteiger partial charge in [-0.15, -0.1) is 0 Å². The molecule has 0 aromatic carbocycles. The van der Waals surface area contributed by atoms with Crippen LogP contribution in [0.15, 0.2) is 39.2 Å². The number of H-pyrrole nitrogens is 1. The van der Waals surface area contributed by atoms with Gasteiger partial charge in [0.05, 0.1) is 5.69 Å². The molecule has 0 bridgehead atoms. The monoisotopic (exact) mass is 304 g/mol. The molecule has 0 spiro atoms. The number of pyridine rings is 1. The number of hydrogen-bond acceptors (Lipinski definition) is 5. The second kappa shape index (κ2) is 7.38. The molecule has 2 aromatic heterocycles. The van der Waals surface area contributed by atoms with Crippen LogP contribution in [0.3, 0.4) is 0 Å². The van der Waals surface area contributed by atoms with Gasteiger partial charge in [-0.25, -0.2) is 4.98 Å². The maximum Gasteiger partial charge on any atom is 0.251 e. The summed E-state index contributed by atoms with van der Waals surface area (Å²) in [6.07, 6.45) is 4.39. The average molecular weight is 304 g/mol. The molecule has 2 heterocycles. The molecule has 21 heavy (non-hydrogen) atoms. The third kappa shape index (κ3) is 4.41. The summed E-state index contributed by atoms with van der Waals surface area (Å²) in [7, 11) is 0. The van der Waals surface area contributed by atoms with Gasteiger partial charge in [0.25, 0.3) is 5.56 Å². The largest absolute Gasteiger partial charge is 0.323 e. The molecule has 0 amide bonds. The number of nitrogens with two attached hydrogens (primary N) is 1. The van der Waals surface area contributed by atoms with Gasteiger partial charge in [-0.1, -0.05) is 32.0 Å². The summed E-state index contributed by atoms with van der Waals surface area (Å²) in [6, 6.07) is 5.39. The first-order valence-corrected chi connectivity index (χ1v) is 7.93. The van der Waals surface area contributed by atoms with Crippen LogP contribution in [0, 0.1) is 0 Å². The van der Waals surface area contributed by atoms with Gasteiger partial charge in [0.1, 0.15) is 0 Å². The molecule has 0 aliphatic carbocycles. The van der Waals surface area contributed by atoms with E-state index < -0.39 is 0 Å². The normalized spacial score (nSPS) is 12.3. The van der Waals surface area contributed by atoms with Crippen molar-refractivity contribution in [3.8, 4) is 0 Å². The zero-order valence-corrected chi connectivity index (χ0v) is 13.1. The summed E-state index contributed by atoms with van der Waals surface area (Å²) >= 11 is 1.40. The number of hydrogen-bond donors (Lipinski definition) is 2. The van der Waals surface area contributed by atoms with Crippen LogP contribution in [-0.4, -0.2) is 15.0 Å². The van der Waals surface area contributed by atoms with Crippen molar-refractivity contribution in [1.82, 2.24) is 15.0 Å². The fraction of sp³-hybridized carbons (Fsp3) is 0.400. The van der Waals surface area contributed by atoms with E-state index in [4.69, 9.17) is 5.73 Å². The van der Waals surface area contributed by atoms with Gasteiger partial charge in [0.2, 0.25) is 0 Å². The summed E-state index contributed by atoms with van der Waals surface area (Å²) in [5.41, 5.74) is 7.52. The van der Waals surface area contributed by atoms with E-state index in [1.165, 1.54) is 11.8 Å².